The van der Waals surface area contributed by atoms with E-state index < -0.39 is 0 Å². The molecule has 7 nitrogen and oxygen atoms in total. The Balaban J connectivity index is 1.12. The van der Waals surface area contributed by atoms with Crippen LogP contribution in [0.4, 0.5) is 0 Å². The van der Waals surface area contributed by atoms with Gasteiger partial charge in [-0.2, -0.15) is 0 Å². The Morgan fingerprint density at radius 3 is 2.90 bits per heavy atom. The third kappa shape index (κ3) is 4.17. The van der Waals surface area contributed by atoms with E-state index >= 15 is 0 Å². The summed E-state index contributed by atoms with van der Waals surface area (Å²) in [6, 6.07) is 8.14. The van der Waals surface area contributed by atoms with Crippen molar-refractivity contribution in [1.82, 2.24) is 15.4 Å². The molecule has 5 rings (SSSR count). The zero-order chi connectivity index (χ0) is 20.7. The van der Waals surface area contributed by atoms with Gasteiger partial charge in [0.05, 0.1) is 0 Å². The number of ether oxygens (including phenoxy) is 2. The highest BCUT2D eigenvalue weighted by Gasteiger charge is 2.33. The number of benzene rings is 1. The maximum absolute atomic E-state index is 12.6. The maximum atomic E-state index is 12.6. The molecule has 160 valence electrons. The monoisotopic (exact) mass is 411 g/mol. The van der Waals surface area contributed by atoms with E-state index in [1.807, 2.05) is 6.07 Å². The summed E-state index contributed by atoms with van der Waals surface area (Å²) in [5.74, 6) is 3.76. The summed E-state index contributed by atoms with van der Waals surface area (Å²) in [5, 5.41) is 7.13. The van der Waals surface area contributed by atoms with Gasteiger partial charge in [-0.1, -0.05) is 25.1 Å². The van der Waals surface area contributed by atoms with Crippen molar-refractivity contribution < 1.29 is 18.8 Å². The predicted octanol–water partition coefficient (Wildman–Crippen LogP) is 3.21. The van der Waals surface area contributed by atoms with E-state index in [0.29, 0.717) is 30.2 Å². The second kappa shape index (κ2) is 7.95. The highest BCUT2D eigenvalue weighted by atomic mass is 16.7. The second-order valence-electron chi connectivity index (χ2n) is 9.16. The van der Waals surface area contributed by atoms with Crippen molar-refractivity contribution in [3.8, 4) is 11.5 Å². The average molecular weight is 412 g/mol. The fraction of sp³-hybridized carbons (Fsp3) is 0.565. The number of aromatic nitrogens is 1. The first kappa shape index (κ1) is 19.4. The largest absolute Gasteiger partial charge is 0.454 e. The average Bonchev–Trinajstić information content (AvgIpc) is 3.11. The Hall–Kier alpha value is -2.54. The fourth-order valence-corrected chi connectivity index (χ4v) is 4.58. The molecular weight excluding hydrogens is 382 g/mol. The summed E-state index contributed by atoms with van der Waals surface area (Å²) >= 11 is 0. The number of hydrogen-bond acceptors (Lipinski definition) is 6. The van der Waals surface area contributed by atoms with Gasteiger partial charge < -0.3 is 24.2 Å². The fourth-order valence-electron chi connectivity index (χ4n) is 4.58. The van der Waals surface area contributed by atoms with Crippen LogP contribution in [0, 0.1) is 11.8 Å². The molecule has 7 heteroatoms. The summed E-state index contributed by atoms with van der Waals surface area (Å²) in [4.78, 5) is 15.0. The Kier molecular flexibility index (Phi) is 5.15. The minimum Gasteiger partial charge on any atom is -0.454 e. The number of rotatable bonds is 7. The van der Waals surface area contributed by atoms with Gasteiger partial charge in [-0.15, -0.1) is 0 Å². The molecule has 3 aliphatic rings. The molecule has 1 N–H and O–H groups in total. The molecule has 2 fully saturated rings. The first-order chi connectivity index (χ1) is 14.5. The summed E-state index contributed by atoms with van der Waals surface area (Å²) in [6.07, 6.45) is 3.26. The van der Waals surface area contributed by atoms with Crippen molar-refractivity contribution in [1.29, 1.82) is 0 Å². The minimum absolute atomic E-state index is 0.127. The first-order valence-electron chi connectivity index (χ1n) is 10.9. The summed E-state index contributed by atoms with van der Waals surface area (Å²) < 4.78 is 16.2. The quantitative estimate of drug-likeness (QED) is 0.754. The molecule has 1 saturated heterocycles. The highest BCUT2D eigenvalue weighted by Crippen LogP contribution is 2.40. The molecule has 1 aromatic heterocycles. The Labute approximate surface area is 176 Å². The van der Waals surface area contributed by atoms with Crippen molar-refractivity contribution in [3.05, 3.63) is 41.3 Å². The number of likely N-dealkylation sites (tertiary alicyclic amines) is 1. The summed E-state index contributed by atoms with van der Waals surface area (Å²) in [6.45, 7) is 7.64. The molecule has 2 aromatic rings. The van der Waals surface area contributed by atoms with Crippen LogP contribution in [0.5, 0.6) is 11.5 Å². The van der Waals surface area contributed by atoms with Crippen LogP contribution in [0.3, 0.4) is 0 Å². The van der Waals surface area contributed by atoms with Crippen molar-refractivity contribution in [2.75, 3.05) is 26.4 Å². The molecule has 0 spiro atoms. The van der Waals surface area contributed by atoms with Gasteiger partial charge in [0.1, 0.15) is 5.76 Å². The van der Waals surface area contributed by atoms with Gasteiger partial charge >= 0.3 is 0 Å². The van der Waals surface area contributed by atoms with Crippen molar-refractivity contribution in [3.63, 3.8) is 0 Å². The molecule has 0 radical (unpaired) electrons. The smallest absolute Gasteiger partial charge is 0.273 e. The van der Waals surface area contributed by atoms with Crippen LogP contribution in [-0.4, -0.2) is 48.4 Å². The predicted molar refractivity (Wildman–Crippen MR) is 111 cm³/mol. The van der Waals surface area contributed by atoms with Crippen molar-refractivity contribution in [2.24, 2.45) is 11.8 Å². The highest BCUT2D eigenvalue weighted by molar-refractivity contribution is 5.92. The van der Waals surface area contributed by atoms with Crippen molar-refractivity contribution >= 4 is 5.91 Å². The van der Waals surface area contributed by atoms with E-state index in [4.69, 9.17) is 14.0 Å². The zero-order valence-corrected chi connectivity index (χ0v) is 17.6. The third-order valence-electron chi connectivity index (χ3n) is 6.34. The summed E-state index contributed by atoms with van der Waals surface area (Å²) in [5.41, 5.74) is 1.67. The van der Waals surface area contributed by atoms with Crippen LogP contribution in [0.25, 0.3) is 0 Å². The normalized spacial score (nSPS) is 24.2. The summed E-state index contributed by atoms with van der Waals surface area (Å²) in [7, 11) is 0. The number of carbonyl (C=O) groups excluding carboxylic acids is 1. The molecule has 0 bridgehead atoms. The van der Waals surface area contributed by atoms with Gasteiger partial charge in [-0.25, -0.2) is 0 Å². The van der Waals surface area contributed by atoms with E-state index in [0.717, 1.165) is 56.2 Å². The lowest BCUT2D eigenvalue weighted by molar-refractivity contribution is 0.0922. The molecule has 1 saturated carbocycles. The van der Waals surface area contributed by atoms with Crippen LogP contribution in [0.2, 0.25) is 0 Å². The molecule has 2 aliphatic heterocycles. The lowest BCUT2D eigenvalue weighted by Gasteiger charge is -2.21. The molecule has 1 aromatic carbocycles. The maximum Gasteiger partial charge on any atom is 0.273 e. The van der Waals surface area contributed by atoms with E-state index in [9.17, 15) is 4.79 Å². The van der Waals surface area contributed by atoms with Gasteiger partial charge in [-0.05, 0) is 48.8 Å². The zero-order valence-electron chi connectivity index (χ0n) is 17.6. The minimum atomic E-state index is -0.127. The Bertz CT molecular complexity index is 923. The van der Waals surface area contributed by atoms with E-state index in [-0.39, 0.29) is 11.9 Å². The molecule has 30 heavy (non-hydrogen) atoms. The van der Waals surface area contributed by atoms with Crippen LogP contribution in [0.15, 0.2) is 28.8 Å². The van der Waals surface area contributed by atoms with E-state index in [1.54, 1.807) is 6.07 Å². The van der Waals surface area contributed by atoms with Gasteiger partial charge in [0, 0.05) is 37.7 Å². The number of hydrogen-bond donors (Lipinski definition) is 1. The first-order valence-corrected chi connectivity index (χ1v) is 10.9. The van der Waals surface area contributed by atoms with Crippen LogP contribution in [-0.2, 0) is 6.42 Å². The van der Waals surface area contributed by atoms with E-state index in [2.05, 4.69) is 41.4 Å². The number of fused-ring (bicyclic) bond motifs is 1. The molecule has 1 amide bonds. The topological polar surface area (TPSA) is 76.8 Å². The van der Waals surface area contributed by atoms with Gasteiger partial charge in [0.25, 0.3) is 5.91 Å². The Morgan fingerprint density at radius 2 is 2.07 bits per heavy atom. The lowest BCUT2D eigenvalue weighted by Crippen LogP contribution is -2.40. The number of amides is 1. The standard InChI is InChI=1S/C23H29N3O4/c1-14(7-16-3-6-20-22(8-16)29-13-28-20)10-26-11-15(2)19(12-26)24-23(27)18-9-21(30-25-18)17-4-5-17/h3,6,8-9,14-15,17,19H,4-5,7,10-13H2,1-2H3,(H,24,27). The molecule has 3 heterocycles. The van der Waals surface area contributed by atoms with E-state index in [1.165, 1.54) is 5.56 Å². The van der Waals surface area contributed by atoms with Crippen molar-refractivity contribution in [2.45, 2.75) is 45.1 Å². The molecular formula is C23H29N3O4. The van der Waals surface area contributed by atoms with Crippen LogP contribution < -0.4 is 14.8 Å². The Morgan fingerprint density at radius 1 is 1.23 bits per heavy atom. The van der Waals surface area contributed by atoms with Gasteiger partial charge in [0.2, 0.25) is 6.79 Å². The molecule has 1 aliphatic carbocycles. The van der Waals surface area contributed by atoms with Crippen LogP contribution in [0.1, 0.15) is 54.4 Å². The number of nitrogens with one attached hydrogen (secondary N) is 1. The molecule has 3 unspecified atom stereocenters. The lowest BCUT2D eigenvalue weighted by atomic mass is 10.0. The third-order valence-corrected chi connectivity index (χ3v) is 6.34. The molecule has 3 atom stereocenters. The second-order valence-corrected chi connectivity index (χ2v) is 9.16. The van der Waals surface area contributed by atoms with Gasteiger partial charge in [-0.3, -0.25) is 4.79 Å². The SMILES string of the molecule is CC(Cc1ccc2c(c1)OCO2)CN1CC(C)C(NC(=O)c2cc(C3CC3)on2)C1. The number of nitrogens with zero attached hydrogens (tertiary/aromatic N) is 2. The van der Waals surface area contributed by atoms with Crippen LogP contribution >= 0.6 is 0 Å². The van der Waals surface area contributed by atoms with Gasteiger partial charge in [0.15, 0.2) is 17.2 Å². The number of carbonyl (C=O) groups is 1.